The number of hydrogen-bond donors (Lipinski definition) is 2. The van der Waals surface area contributed by atoms with E-state index >= 15 is 0 Å². The first kappa shape index (κ1) is 14.3. The van der Waals surface area contributed by atoms with Gasteiger partial charge in [-0.2, -0.15) is 0 Å². The minimum absolute atomic E-state index is 0.134. The molecule has 6 heteroatoms. The van der Waals surface area contributed by atoms with Gasteiger partial charge in [0.2, 0.25) is 0 Å². The zero-order valence-corrected chi connectivity index (χ0v) is 11.2. The highest BCUT2D eigenvalue weighted by Crippen LogP contribution is 2.24. The fraction of sp³-hybridized carbons (Fsp3) is 0.429. The Morgan fingerprint density at radius 2 is 2.25 bits per heavy atom. The van der Waals surface area contributed by atoms with E-state index in [0.29, 0.717) is 6.54 Å². The Morgan fingerprint density at radius 1 is 1.50 bits per heavy atom. The van der Waals surface area contributed by atoms with E-state index in [4.69, 9.17) is 5.11 Å². The summed E-state index contributed by atoms with van der Waals surface area (Å²) < 4.78 is 13.7. The summed E-state index contributed by atoms with van der Waals surface area (Å²) in [5, 5.41) is 11.4. The van der Waals surface area contributed by atoms with Gasteiger partial charge < -0.3 is 15.3 Å². The zero-order chi connectivity index (χ0) is 14.7. The third kappa shape index (κ3) is 2.74. The molecule has 0 saturated carbocycles. The molecule has 1 atom stereocenters. The Bertz CT molecular complexity index is 533. The van der Waals surface area contributed by atoms with E-state index in [1.54, 1.807) is 4.90 Å². The van der Waals surface area contributed by atoms with Gasteiger partial charge in [-0.05, 0) is 31.4 Å². The number of aromatic carboxylic acids is 1. The summed E-state index contributed by atoms with van der Waals surface area (Å²) in [5.41, 5.74) is -0.516. The molecule has 0 radical (unpaired) electrons. The van der Waals surface area contributed by atoms with Crippen LogP contribution in [0.4, 0.5) is 14.9 Å². The average molecular weight is 280 g/mol. The lowest BCUT2D eigenvalue weighted by atomic mass is 10.1. The van der Waals surface area contributed by atoms with Crippen LogP contribution in [0.25, 0.3) is 0 Å². The van der Waals surface area contributed by atoms with Gasteiger partial charge in [0.1, 0.15) is 5.82 Å². The minimum atomic E-state index is -1.27. The summed E-state index contributed by atoms with van der Waals surface area (Å²) in [4.78, 5) is 24.9. The summed E-state index contributed by atoms with van der Waals surface area (Å²) >= 11 is 0. The molecule has 1 fully saturated rings. The molecule has 1 aromatic carbocycles. The first-order chi connectivity index (χ1) is 9.54. The van der Waals surface area contributed by atoms with Gasteiger partial charge in [-0.25, -0.2) is 14.0 Å². The molecule has 1 heterocycles. The average Bonchev–Trinajstić information content (AvgIpc) is 2.89. The Balaban J connectivity index is 2.21. The number of carboxylic acid groups (broad SMARTS) is 1. The monoisotopic (exact) mass is 280 g/mol. The second-order valence-corrected chi connectivity index (χ2v) is 4.80. The maximum absolute atomic E-state index is 13.7. The second-order valence-electron chi connectivity index (χ2n) is 4.80. The van der Waals surface area contributed by atoms with Crippen LogP contribution in [0.1, 0.15) is 36.5 Å². The van der Waals surface area contributed by atoms with Crippen LogP contribution in [0.5, 0.6) is 0 Å². The number of nitrogens with one attached hydrogen (secondary N) is 1. The summed E-state index contributed by atoms with van der Waals surface area (Å²) in [6, 6.07) is 3.39. The van der Waals surface area contributed by atoms with Crippen LogP contribution < -0.4 is 5.32 Å². The fourth-order valence-corrected chi connectivity index (χ4v) is 2.54. The molecular weight excluding hydrogens is 263 g/mol. The standard InChI is InChI=1S/C14H17FN2O3/c1-2-9-5-4-8-17(9)14(20)16-12-10(13(18)19)6-3-7-11(12)15/h3,6-7,9H,2,4-5,8H2,1H3,(H,16,20)(H,18,19). The number of carbonyl (C=O) groups is 2. The van der Waals surface area contributed by atoms with Crippen molar-refractivity contribution >= 4 is 17.7 Å². The number of likely N-dealkylation sites (tertiary alicyclic amines) is 1. The Labute approximate surface area is 116 Å². The molecule has 0 spiro atoms. The van der Waals surface area contributed by atoms with Gasteiger partial charge in [0.05, 0.1) is 11.3 Å². The van der Waals surface area contributed by atoms with E-state index in [9.17, 15) is 14.0 Å². The molecule has 108 valence electrons. The highest BCUT2D eigenvalue weighted by Gasteiger charge is 2.28. The van der Waals surface area contributed by atoms with E-state index in [1.807, 2.05) is 6.92 Å². The molecule has 20 heavy (non-hydrogen) atoms. The lowest BCUT2D eigenvalue weighted by molar-refractivity contribution is 0.0697. The van der Waals surface area contributed by atoms with Crippen LogP contribution in [-0.2, 0) is 0 Å². The lowest BCUT2D eigenvalue weighted by Crippen LogP contribution is -2.38. The number of benzene rings is 1. The number of para-hydroxylation sites is 1. The van der Waals surface area contributed by atoms with Gasteiger partial charge >= 0.3 is 12.0 Å². The number of urea groups is 1. The van der Waals surface area contributed by atoms with Crippen LogP contribution in [0.3, 0.4) is 0 Å². The summed E-state index contributed by atoms with van der Waals surface area (Å²) in [5.74, 6) is -2.02. The first-order valence-corrected chi connectivity index (χ1v) is 6.64. The summed E-state index contributed by atoms with van der Waals surface area (Å²) in [6.07, 6.45) is 2.67. The van der Waals surface area contributed by atoms with Crippen LogP contribution in [0.15, 0.2) is 18.2 Å². The number of carbonyl (C=O) groups excluding carboxylic acids is 1. The lowest BCUT2D eigenvalue weighted by Gasteiger charge is -2.24. The van der Waals surface area contributed by atoms with Crippen molar-refractivity contribution in [3.05, 3.63) is 29.6 Å². The molecular formula is C14H17FN2O3. The van der Waals surface area contributed by atoms with Crippen molar-refractivity contribution < 1.29 is 19.1 Å². The minimum Gasteiger partial charge on any atom is -0.478 e. The fourth-order valence-electron chi connectivity index (χ4n) is 2.54. The number of halogens is 1. The molecule has 5 nitrogen and oxygen atoms in total. The van der Waals surface area contributed by atoms with E-state index in [1.165, 1.54) is 12.1 Å². The summed E-state index contributed by atoms with van der Waals surface area (Å²) in [7, 11) is 0. The molecule has 2 N–H and O–H groups in total. The third-order valence-corrected chi connectivity index (χ3v) is 3.59. The third-order valence-electron chi connectivity index (χ3n) is 3.59. The predicted octanol–water partition coefficient (Wildman–Crippen LogP) is 2.93. The number of rotatable bonds is 3. The maximum Gasteiger partial charge on any atom is 0.337 e. The van der Waals surface area contributed by atoms with Gasteiger partial charge in [-0.3, -0.25) is 0 Å². The van der Waals surface area contributed by atoms with Gasteiger partial charge in [0.25, 0.3) is 0 Å². The van der Waals surface area contributed by atoms with E-state index in [-0.39, 0.29) is 17.3 Å². The smallest absolute Gasteiger partial charge is 0.337 e. The number of amides is 2. The van der Waals surface area contributed by atoms with E-state index < -0.39 is 17.8 Å². The van der Waals surface area contributed by atoms with Crippen molar-refractivity contribution in [2.75, 3.05) is 11.9 Å². The maximum atomic E-state index is 13.7. The van der Waals surface area contributed by atoms with Crippen LogP contribution in [0.2, 0.25) is 0 Å². The van der Waals surface area contributed by atoms with Gasteiger partial charge in [0.15, 0.2) is 0 Å². The van der Waals surface area contributed by atoms with Crippen LogP contribution >= 0.6 is 0 Å². The van der Waals surface area contributed by atoms with Crippen LogP contribution in [0, 0.1) is 5.82 Å². The molecule has 1 aliphatic heterocycles. The van der Waals surface area contributed by atoms with Gasteiger partial charge in [-0.1, -0.05) is 13.0 Å². The molecule has 1 aliphatic rings. The summed E-state index contributed by atoms with van der Waals surface area (Å²) in [6.45, 7) is 2.60. The van der Waals surface area contributed by atoms with Gasteiger partial charge in [0, 0.05) is 12.6 Å². The highest BCUT2D eigenvalue weighted by molar-refractivity contribution is 6.00. The van der Waals surface area contributed by atoms with Crippen molar-refractivity contribution in [1.82, 2.24) is 4.90 Å². The molecule has 1 aromatic rings. The number of carboxylic acids is 1. The highest BCUT2D eigenvalue weighted by atomic mass is 19.1. The topological polar surface area (TPSA) is 69.6 Å². The molecule has 1 saturated heterocycles. The molecule has 1 unspecified atom stereocenters. The van der Waals surface area contributed by atoms with E-state index in [0.717, 1.165) is 25.3 Å². The zero-order valence-electron chi connectivity index (χ0n) is 11.2. The molecule has 0 bridgehead atoms. The van der Waals surface area contributed by atoms with Crippen molar-refractivity contribution in [3.8, 4) is 0 Å². The molecule has 2 amide bonds. The van der Waals surface area contributed by atoms with Gasteiger partial charge in [-0.15, -0.1) is 0 Å². The normalized spacial score (nSPS) is 18.1. The van der Waals surface area contributed by atoms with Crippen molar-refractivity contribution in [2.45, 2.75) is 32.2 Å². The first-order valence-electron chi connectivity index (χ1n) is 6.64. The predicted molar refractivity (Wildman–Crippen MR) is 72.4 cm³/mol. The van der Waals surface area contributed by atoms with Crippen LogP contribution in [-0.4, -0.2) is 34.6 Å². The Hall–Kier alpha value is -2.11. The second kappa shape index (κ2) is 5.90. The molecule has 0 aliphatic carbocycles. The Morgan fingerprint density at radius 3 is 2.90 bits per heavy atom. The molecule has 0 aromatic heterocycles. The largest absolute Gasteiger partial charge is 0.478 e. The number of anilines is 1. The Kier molecular flexibility index (Phi) is 4.22. The number of hydrogen-bond acceptors (Lipinski definition) is 2. The van der Waals surface area contributed by atoms with Crippen molar-refractivity contribution in [3.63, 3.8) is 0 Å². The number of nitrogens with zero attached hydrogens (tertiary/aromatic N) is 1. The van der Waals surface area contributed by atoms with E-state index in [2.05, 4.69) is 5.32 Å². The molecule has 2 rings (SSSR count). The quantitative estimate of drug-likeness (QED) is 0.894. The SMILES string of the molecule is CCC1CCCN1C(=O)Nc1c(F)cccc1C(=O)O. The van der Waals surface area contributed by atoms with Crippen molar-refractivity contribution in [2.24, 2.45) is 0 Å². The van der Waals surface area contributed by atoms with Crippen molar-refractivity contribution in [1.29, 1.82) is 0 Å².